The fourth-order valence-corrected chi connectivity index (χ4v) is 4.38. The van der Waals surface area contributed by atoms with E-state index in [0.29, 0.717) is 13.0 Å². The molecule has 0 saturated heterocycles. The molecule has 0 amide bonds. The molecule has 0 saturated carbocycles. The van der Waals surface area contributed by atoms with Crippen LogP contribution in [0.2, 0.25) is 0 Å². The Bertz CT molecular complexity index is 940. The fourth-order valence-electron chi connectivity index (χ4n) is 4.38. The Labute approximate surface area is 133 Å². The van der Waals surface area contributed by atoms with Gasteiger partial charge in [0, 0.05) is 16.7 Å². The van der Waals surface area contributed by atoms with E-state index >= 15 is 0 Å². The van der Waals surface area contributed by atoms with Crippen molar-refractivity contribution < 1.29 is 14.3 Å². The van der Waals surface area contributed by atoms with Crippen LogP contribution in [0.5, 0.6) is 0 Å². The summed E-state index contributed by atoms with van der Waals surface area (Å²) in [5.41, 5.74) is 6.29. The zero-order valence-corrected chi connectivity index (χ0v) is 12.7. The van der Waals surface area contributed by atoms with Crippen LogP contribution in [0.1, 0.15) is 40.4 Å². The maximum absolute atomic E-state index is 12.4. The van der Waals surface area contributed by atoms with Gasteiger partial charge < -0.3 is 4.74 Å². The zero-order valence-electron chi connectivity index (χ0n) is 12.7. The topological polar surface area (TPSA) is 43.4 Å². The Balaban J connectivity index is 1.85. The van der Waals surface area contributed by atoms with Crippen LogP contribution in [0.25, 0.3) is 12.2 Å². The van der Waals surface area contributed by atoms with Crippen LogP contribution in [-0.2, 0) is 14.9 Å². The molecular formula is C20H14O3. The van der Waals surface area contributed by atoms with Crippen LogP contribution in [0.3, 0.4) is 0 Å². The lowest BCUT2D eigenvalue weighted by molar-refractivity contribution is -0.113. The van der Waals surface area contributed by atoms with Crippen molar-refractivity contribution in [2.45, 2.75) is 18.8 Å². The highest BCUT2D eigenvalue weighted by atomic mass is 16.5. The second kappa shape index (κ2) is 3.99. The maximum atomic E-state index is 12.4. The second-order valence-electron chi connectivity index (χ2n) is 6.60. The molecule has 0 N–H and O–H groups in total. The number of carbonyl (C=O) groups excluding carboxylic acids is 2. The summed E-state index contributed by atoms with van der Waals surface area (Å²) in [5.74, 6) is 0.144. The third kappa shape index (κ3) is 1.40. The third-order valence-corrected chi connectivity index (χ3v) is 5.49. The molecule has 23 heavy (non-hydrogen) atoms. The van der Waals surface area contributed by atoms with Gasteiger partial charge in [-0.15, -0.1) is 0 Å². The molecule has 3 nitrogen and oxygen atoms in total. The molecule has 1 aromatic rings. The number of fused-ring (bicyclic) bond motifs is 4. The van der Waals surface area contributed by atoms with Gasteiger partial charge in [0.2, 0.25) is 0 Å². The molecule has 3 aliphatic carbocycles. The number of ketones is 2. The molecule has 1 atom stereocenters. The lowest BCUT2D eigenvalue weighted by Gasteiger charge is -2.45. The first kappa shape index (κ1) is 12.8. The molecule has 112 valence electrons. The average Bonchev–Trinajstić information content (AvgIpc) is 2.95. The first-order chi connectivity index (χ1) is 11.1. The number of allylic oxidation sites excluding steroid dienone is 4. The van der Waals surface area contributed by atoms with E-state index in [2.05, 4.69) is 0 Å². The van der Waals surface area contributed by atoms with Crippen molar-refractivity contribution in [3.8, 4) is 0 Å². The molecular weight excluding hydrogens is 288 g/mol. The van der Waals surface area contributed by atoms with Crippen molar-refractivity contribution in [2.75, 3.05) is 6.61 Å². The smallest absolute Gasteiger partial charge is 0.188 e. The highest BCUT2D eigenvalue weighted by Crippen LogP contribution is 2.51. The molecule has 1 aromatic carbocycles. The largest absolute Gasteiger partial charge is 0.499 e. The van der Waals surface area contributed by atoms with Gasteiger partial charge in [-0.3, -0.25) is 9.59 Å². The van der Waals surface area contributed by atoms with Gasteiger partial charge >= 0.3 is 0 Å². The monoisotopic (exact) mass is 302 g/mol. The van der Waals surface area contributed by atoms with Crippen LogP contribution >= 0.6 is 0 Å². The summed E-state index contributed by atoms with van der Waals surface area (Å²) in [6, 6.07) is 3.95. The van der Waals surface area contributed by atoms with E-state index in [1.165, 1.54) is 0 Å². The van der Waals surface area contributed by atoms with Gasteiger partial charge in [-0.25, -0.2) is 0 Å². The van der Waals surface area contributed by atoms with E-state index in [9.17, 15) is 9.59 Å². The minimum Gasteiger partial charge on any atom is -0.499 e. The molecule has 1 heterocycles. The van der Waals surface area contributed by atoms with Crippen LogP contribution in [0, 0.1) is 0 Å². The lowest BCUT2D eigenvalue weighted by Crippen LogP contribution is -2.43. The molecule has 0 aromatic heterocycles. The Morgan fingerprint density at radius 2 is 1.87 bits per heavy atom. The van der Waals surface area contributed by atoms with E-state index in [4.69, 9.17) is 4.74 Å². The summed E-state index contributed by atoms with van der Waals surface area (Å²) in [6.07, 6.45) is 9.89. The molecule has 1 unspecified atom stereocenters. The number of hydrogen-bond donors (Lipinski definition) is 0. The average molecular weight is 302 g/mol. The quantitative estimate of drug-likeness (QED) is 0.738. The minimum atomic E-state index is -0.305. The predicted octanol–water partition coefficient (Wildman–Crippen LogP) is 3.36. The van der Waals surface area contributed by atoms with Crippen molar-refractivity contribution in [1.82, 2.24) is 0 Å². The van der Waals surface area contributed by atoms with E-state index in [0.717, 1.165) is 39.0 Å². The number of benzene rings is 1. The number of hydrogen-bond acceptors (Lipinski definition) is 3. The second-order valence-corrected chi connectivity index (χ2v) is 6.60. The third-order valence-electron chi connectivity index (χ3n) is 5.49. The standard InChI is InChI=1S/C20H14O3/c1-11-16-5-2-14-13-4-7-18(21)15(13)3-6-17(14)20(16)8-12(19(11)22)9-23-10-20/h2-7,9H,8,10H2,1H3. The molecule has 2 bridgehead atoms. The SMILES string of the molecule is CC1=C2C=Cc3c(ccc4c3C=CC4=O)C23COC=C(C3)C1=O. The van der Waals surface area contributed by atoms with E-state index in [-0.39, 0.29) is 17.0 Å². The molecule has 5 rings (SSSR count). The van der Waals surface area contributed by atoms with Gasteiger partial charge in [-0.1, -0.05) is 24.3 Å². The summed E-state index contributed by atoms with van der Waals surface area (Å²) >= 11 is 0. The summed E-state index contributed by atoms with van der Waals surface area (Å²) in [7, 11) is 0. The molecule has 1 aliphatic heterocycles. The van der Waals surface area contributed by atoms with Crippen molar-refractivity contribution in [2.24, 2.45) is 0 Å². The van der Waals surface area contributed by atoms with E-state index in [1.54, 1.807) is 12.3 Å². The van der Waals surface area contributed by atoms with Crippen LogP contribution in [0.15, 0.2) is 47.3 Å². The first-order valence-corrected chi connectivity index (χ1v) is 7.76. The van der Waals surface area contributed by atoms with Crippen molar-refractivity contribution >= 4 is 23.7 Å². The molecule has 4 aliphatic rings. The summed E-state index contributed by atoms with van der Waals surface area (Å²) in [4.78, 5) is 24.4. The Kier molecular flexibility index (Phi) is 2.22. The lowest BCUT2D eigenvalue weighted by atomic mass is 9.60. The highest BCUT2D eigenvalue weighted by Gasteiger charge is 2.48. The van der Waals surface area contributed by atoms with E-state index < -0.39 is 0 Å². The van der Waals surface area contributed by atoms with Gasteiger partial charge in [-0.2, -0.15) is 0 Å². The van der Waals surface area contributed by atoms with Gasteiger partial charge in [0.15, 0.2) is 11.6 Å². The van der Waals surface area contributed by atoms with Gasteiger partial charge in [0.25, 0.3) is 0 Å². The summed E-state index contributed by atoms with van der Waals surface area (Å²) in [5, 5.41) is 0. The summed E-state index contributed by atoms with van der Waals surface area (Å²) in [6.45, 7) is 2.43. The zero-order chi connectivity index (χ0) is 15.8. The number of Topliss-reactive ketones (excluding diaryl/α,β-unsaturated/α-hetero) is 1. The minimum absolute atomic E-state index is 0.0607. The van der Waals surface area contributed by atoms with Gasteiger partial charge in [-0.05, 0) is 47.8 Å². The molecule has 0 radical (unpaired) electrons. The maximum Gasteiger partial charge on any atom is 0.188 e. The molecule has 3 heteroatoms. The fraction of sp³-hybridized carbons (Fsp3) is 0.200. The number of ether oxygens (including phenoxy) is 1. The van der Waals surface area contributed by atoms with Gasteiger partial charge in [0.05, 0.1) is 11.7 Å². The molecule has 1 spiro atoms. The number of rotatable bonds is 0. The van der Waals surface area contributed by atoms with E-state index in [1.807, 2.05) is 37.3 Å². The first-order valence-electron chi connectivity index (χ1n) is 7.76. The van der Waals surface area contributed by atoms with Crippen molar-refractivity contribution in [3.63, 3.8) is 0 Å². The highest BCUT2D eigenvalue weighted by molar-refractivity contribution is 6.15. The van der Waals surface area contributed by atoms with Crippen molar-refractivity contribution in [3.05, 3.63) is 69.5 Å². The van der Waals surface area contributed by atoms with Crippen molar-refractivity contribution in [1.29, 1.82) is 0 Å². The van der Waals surface area contributed by atoms with Crippen LogP contribution in [0.4, 0.5) is 0 Å². The molecule has 0 fully saturated rings. The Hall–Kier alpha value is -2.68. The normalized spacial score (nSPS) is 26.6. The summed E-state index contributed by atoms with van der Waals surface area (Å²) < 4.78 is 5.68. The Morgan fingerprint density at radius 1 is 1.04 bits per heavy atom. The van der Waals surface area contributed by atoms with Gasteiger partial charge in [0.1, 0.15) is 6.61 Å². The van der Waals surface area contributed by atoms with Crippen LogP contribution < -0.4 is 0 Å². The predicted molar refractivity (Wildman–Crippen MR) is 86.9 cm³/mol. The number of carbonyl (C=O) groups is 2. The Morgan fingerprint density at radius 3 is 2.74 bits per heavy atom. The van der Waals surface area contributed by atoms with Crippen LogP contribution in [-0.4, -0.2) is 18.2 Å².